The van der Waals surface area contributed by atoms with E-state index in [0.29, 0.717) is 11.5 Å². The summed E-state index contributed by atoms with van der Waals surface area (Å²) in [6.07, 6.45) is 18.0. The smallest absolute Gasteiger partial charge is 0.0934 e. The monoisotopic (exact) mass is 388 g/mol. The van der Waals surface area contributed by atoms with Gasteiger partial charge in [0, 0.05) is 32.7 Å². The first-order chi connectivity index (χ1) is 13.7. The molecule has 1 spiro atoms. The van der Waals surface area contributed by atoms with Crippen LogP contribution in [0.2, 0.25) is 0 Å². The number of furan rings is 1. The highest BCUT2D eigenvalue weighted by atomic mass is 16.5. The van der Waals surface area contributed by atoms with Gasteiger partial charge >= 0.3 is 0 Å². The summed E-state index contributed by atoms with van der Waals surface area (Å²) in [7, 11) is 2.22. The first kappa shape index (κ1) is 20.4. The van der Waals surface area contributed by atoms with Gasteiger partial charge in [-0.3, -0.25) is 4.90 Å². The average Bonchev–Trinajstić information content (AvgIpc) is 3.25. The van der Waals surface area contributed by atoms with E-state index in [2.05, 4.69) is 22.9 Å². The van der Waals surface area contributed by atoms with E-state index in [9.17, 15) is 0 Å². The van der Waals surface area contributed by atoms with Crippen LogP contribution in [0.15, 0.2) is 23.0 Å². The maximum absolute atomic E-state index is 6.28. The Labute approximate surface area is 171 Å². The maximum atomic E-state index is 6.28. The van der Waals surface area contributed by atoms with E-state index in [-0.39, 0.29) is 0 Å². The van der Waals surface area contributed by atoms with Gasteiger partial charge in [0.2, 0.25) is 0 Å². The van der Waals surface area contributed by atoms with Crippen molar-refractivity contribution in [2.45, 2.75) is 70.3 Å². The van der Waals surface area contributed by atoms with Gasteiger partial charge in [0.25, 0.3) is 0 Å². The Morgan fingerprint density at radius 2 is 1.75 bits per heavy atom. The van der Waals surface area contributed by atoms with E-state index in [1.807, 2.05) is 6.26 Å². The molecule has 3 aliphatic rings. The van der Waals surface area contributed by atoms with Gasteiger partial charge in [-0.15, -0.1) is 0 Å². The largest absolute Gasteiger partial charge is 0.472 e. The van der Waals surface area contributed by atoms with Crippen molar-refractivity contribution in [2.24, 2.45) is 11.3 Å². The molecule has 2 aliphatic carbocycles. The van der Waals surface area contributed by atoms with Crippen LogP contribution in [0.3, 0.4) is 0 Å². The summed E-state index contributed by atoms with van der Waals surface area (Å²) >= 11 is 0. The Balaban J connectivity index is 1.10. The molecule has 4 heteroatoms. The summed E-state index contributed by atoms with van der Waals surface area (Å²) in [6, 6.07) is 2.12. The number of aryl methyl sites for hydroxylation is 1. The summed E-state index contributed by atoms with van der Waals surface area (Å²) in [6.45, 7) is 6.86. The summed E-state index contributed by atoms with van der Waals surface area (Å²) in [5.74, 6) is 0.929. The normalized spacial score (nSPS) is 32.8. The van der Waals surface area contributed by atoms with Gasteiger partial charge in [0.1, 0.15) is 0 Å². The molecule has 3 fully saturated rings. The van der Waals surface area contributed by atoms with Crippen molar-refractivity contribution in [2.75, 3.05) is 46.4 Å². The highest BCUT2D eigenvalue weighted by Gasteiger charge is 2.38. The molecule has 158 valence electrons. The molecule has 1 aromatic heterocycles. The average molecular weight is 389 g/mol. The Morgan fingerprint density at radius 1 is 1.04 bits per heavy atom. The van der Waals surface area contributed by atoms with E-state index in [1.54, 1.807) is 6.26 Å². The lowest BCUT2D eigenvalue weighted by Crippen LogP contribution is -2.45. The predicted octanol–water partition coefficient (Wildman–Crippen LogP) is 4.60. The molecule has 4 nitrogen and oxygen atoms in total. The van der Waals surface area contributed by atoms with Crippen LogP contribution < -0.4 is 0 Å². The number of nitrogens with zero attached hydrogens (tertiary/aromatic N) is 2. The minimum Gasteiger partial charge on any atom is -0.472 e. The molecular formula is C24H40N2O2. The Bertz CT molecular complexity index is 547. The van der Waals surface area contributed by atoms with Crippen molar-refractivity contribution < 1.29 is 9.15 Å². The zero-order chi connectivity index (χ0) is 19.2. The summed E-state index contributed by atoms with van der Waals surface area (Å²) in [4.78, 5) is 4.99. The third kappa shape index (κ3) is 5.61. The third-order valence-electron chi connectivity index (χ3n) is 7.94. The van der Waals surface area contributed by atoms with E-state index in [0.717, 1.165) is 19.1 Å². The van der Waals surface area contributed by atoms with Crippen molar-refractivity contribution in [1.82, 2.24) is 9.80 Å². The zero-order valence-electron chi connectivity index (χ0n) is 17.9. The first-order valence-corrected chi connectivity index (χ1v) is 11.7. The first-order valence-electron chi connectivity index (χ1n) is 11.7. The summed E-state index contributed by atoms with van der Waals surface area (Å²) in [5, 5.41) is 0. The Kier molecular flexibility index (Phi) is 7.13. The second kappa shape index (κ2) is 9.77. The molecule has 0 atom stereocenters. The van der Waals surface area contributed by atoms with Crippen molar-refractivity contribution in [3.05, 3.63) is 24.2 Å². The van der Waals surface area contributed by atoms with Gasteiger partial charge < -0.3 is 14.1 Å². The summed E-state index contributed by atoms with van der Waals surface area (Å²) in [5.41, 5.74) is 2.03. The molecule has 1 aromatic rings. The van der Waals surface area contributed by atoms with Crippen molar-refractivity contribution >= 4 is 0 Å². The van der Waals surface area contributed by atoms with E-state index in [1.165, 1.54) is 96.0 Å². The quantitative estimate of drug-likeness (QED) is 0.683. The molecule has 0 N–H and O–H groups in total. The van der Waals surface area contributed by atoms with Crippen LogP contribution in [0.1, 0.15) is 63.4 Å². The highest BCUT2D eigenvalue weighted by molar-refractivity contribution is 5.05. The summed E-state index contributed by atoms with van der Waals surface area (Å²) < 4.78 is 11.5. The molecule has 0 unspecified atom stereocenters. The molecule has 0 aromatic carbocycles. The molecular weight excluding hydrogens is 348 g/mol. The standard InChI is InChI=1S/C24H40N2O2/c1-25-13-15-26(16-14-25)17-19-28-23-6-11-24(12-7-23)9-4-21(5-10-24)2-3-22-8-18-27-20-22/h8,18,20-21,23H,2-7,9-17,19H2,1H3. The lowest BCUT2D eigenvalue weighted by molar-refractivity contribution is -0.0271. The number of piperazine rings is 1. The fourth-order valence-electron chi connectivity index (χ4n) is 5.67. The van der Waals surface area contributed by atoms with Crippen LogP contribution in [-0.2, 0) is 11.2 Å². The highest BCUT2D eigenvalue weighted by Crippen LogP contribution is 2.49. The minimum absolute atomic E-state index is 0.525. The van der Waals surface area contributed by atoms with Gasteiger partial charge in [-0.1, -0.05) is 0 Å². The van der Waals surface area contributed by atoms with Crippen LogP contribution in [0, 0.1) is 11.3 Å². The molecule has 2 heterocycles. The molecule has 0 bridgehead atoms. The Hall–Kier alpha value is -0.840. The van der Waals surface area contributed by atoms with Crippen LogP contribution in [0.4, 0.5) is 0 Å². The molecule has 1 saturated heterocycles. The molecule has 0 radical (unpaired) electrons. The molecule has 0 amide bonds. The SMILES string of the molecule is CN1CCN(CCOC2CCC3(CCC(CCc4ccoc4)CC3)CC2)CC1. The van der Waals surface area contributed by atoms with Gasteiger partial charge in [-0.2, -0.15) is 0 Å². The van der Waals surface area contributed by atoms with E-state index >= 15 is 0 Å². The van der Waals surface area contributed by atoms with Crippen molar-refractivity contribution in [1.29, 1.82) is 0 Å². The van der Waals surface area contributed by atoms with E-state index in [4.69, 9.17) is 9.15 Å². The van der Waals surface area contributed by atoms with Crippen LogP contribution in [0.25, 0.3) is 0 Å². The number of likely N-dealkylation sites (N-methyl/N-ethyl adjacent to an activating group) is 1. The fraction of sp³-hybridized carbons (Fsp3) is 0.833. The second-order valence-corrected chi connectivity index (χ2v) is 9.83. The van der Waals surface area contributed by atoms with Crippen LogP contribution >= 0.6 is 0 Å². The van der Waals surface area contributed by atoms with Gasteiger partial charge in [-0.05, 0) is 94.2 Å². The number of ether oxygens (including phenoxy) is 1. The number of rotatable bonds is 7. The van der Waals surface area contributed by atoms with Crippen molar-refractivity contribution in [3.63, 3.8) is 0 Å². The van der Waals surface area contributed by atoms with Gasteiger partial charge in [0.05, 0.1) is 25.2 Å². The lowest BCUT2D eigenvalue weighted by atomic mass is 9.62. The molecule has 2 saturated carbocycles. The van der Waals surface area contributed by atoms with Crippen LogP contribution in [0.5, 0.6) is 0 Å². The Morgan fingerprint density at radius 3 is 2.43 bits per heavy atom. The predicted molar refractivity (Wildman–Crippen MR) is 114 cm³/mol. The lowest BCUT2D eigenvalue weighted by Gasteiger charge is -2.45. The zero-order valence-corrected chi connectivity index (χ0v) is 17.9. The third-order valence-corrected chi connectivity index (χ3v) is 7.94. The maximum Gasteiger partial charge on any atom is 0.0934 e. The second-order valence-electron chi connectivity index (χ2n) is 9.83. The molecule has 1 aliphatic heterocycles. The van der Waals surface area contributed by atoms with E-state index < -0.39 is 0 Å². The number of hydrogen-bond acceptors (Lipinski definition) is 4. The topological polar surface area (TPSA) is 28.9 Å². The fourth-order valence-corrected chi connectivity index (χ4v) is 5.67. The number of hydrogen-bond donors (Lipinski definition) is 0. The van der Waals surface area contributed by atoms with Gasteiger partial charge in [0.15, 0.2) is 0 Å². The molecule has 4 rings (SSSR count). The van der Waals surface area contributed by atoms with Crippen molar-refractivity contribution in [3.8, 4) is 0 Å². The minimum atomic E-state index is 0.525. The van der Waals surface area contributed by atoms with Crippen LogP contribution in [-0.4, -0.2) is 62.3 Å². The molecule has 28 heavy (non-hydrogen) atoms. The van der Waals surface area contributed by atoms with Gasteiger partial charge in [-0.25, -0.2) is 0 Å².